The van der Waals surface area contributed by atoms with Gasteiger partial charge in [-0.25, -0.2) is 4.98 Å². The number of pyridine rings is 1. The zero-order chi connectivity index (χ0) is 11.8. The van der Waals surface area contributed by atoms with Crippen molar-refractivity contribution in [3.05, 3.63) is 48.5 Å². The van der Waals surface area contributed by atoms with E-state index in [4.69, 9.17) is 4.42 Å². The van der Waals surface area contributed by atoms with Crippen molar-refractivity contribution < 1.29 is 8.98 Å². The van der Waals surface area contributed by atoms with Crippen molar-refractivity contribution in [3.63, 3.8) is 0 Å². The van der Waals surface area contributed by atoms with Crippen LogP contribution in [0.25, 0.3) is 22.4 Å². The Hall–Kier alpha value is -2.16. The highest BCUT2D eigenvalue weighted by molar-refractivity contribution is 5.75. The van der Waals surface area contributed by atoms with Gasteiger partial charge in [0.05, 0.1) is 6.07 Å². The topological polar surface area (TPSA) is 29.9 Å². The summed E-state index contributed by atoms with van der Waals surface area (Å²) in [6, 6.07) is 10.4. The van der Waals surface area contributed by atoms with E-state index in [-0.39, 0.29) is 0 Å². The van der Waals surface area contributed by atoms with E-state index in [9.17, 15) is 0 Å². The van der Waals surface area contributed by atoms with Crippen LogP contribution in [0.2, 0.25) is 0 Å². The summed E-state index contributed by atoms with van der Waals surface area (Å²) in [5.74, 6) is 0. The standard InChI is InChI=1S/C14H13N2O/c1-10-5-3-4-6-11(10)13-7-14-12(8-16(13)2)15-9-17-14/h3-9H,1-2H3/q+1. The van der Waals surface area contributed by atoms with E-state index in [1.54, 1.807) is 0 Å². The second-order valence-electron chi connectivity index (χ2n) is 4.19. The molecule has 84 valence electrons. The van der Waals surface area contributed by atoms with Crippen LogP contribution in [0.4, 0.5) is 0 Å². The highest BCUT2D eigenvalue weighted by atomic mass is 16.3. The number of benzene rings is 1. The highest BCUT2D eigenvalue weighted by Crippen LogP contribution is 2.22. The molecule has 2 heterocycles. The SMILES string of the molecule is Cc1ccccc1-c1cc2ocnc2c[n+]1C. The summed E-state index contributed by atoms with van der Waals surface area (Å²) >= 11 is 0. The molecule has 17 heavy (non-hydrogen) atoms. The molecule has 3 heteroatoms. The second-order valence-corrected chi connectivity index (χ2v) is 4.19. The summed E-state index contributed by atoms with van der Waals surface area (Å²) < 4.78 is 7.43. The Morgan fingerprint density at radius 1 is 1.24 bits per heavy atom. The molecule has 0 N–H and O–H groups in total. The Labute approximate surface area is 99.3 Å². The number of nitrogens with zero attached hydrogens (tertiary/aromatic N) is 2. The number of hydrogen-bond donors (Lipinski definition) is 0. The molecule has 0 aliphatic heterocycles. The van der Waals surface area contributed by atoms with Crippen molar-refractivity contribution in [2.75, 3.05) is 0 Å². The predicted molar refractivity (Wildman–Crippen MR) is 65.4 cm³/mol. The van der Waals surface area contributed by atoms with Crippen LogP contribution in [0.5, 0.6) is 0 Å². The number of rotatable bonds is 1. The van der Waals surface area contributed by atoms with Gasteiger partial charge >= 0.3 is 0 Å². The van der Waals surface area contributed by atoms with Crippen molar-refractivity contribution >= 4 is 11.1 Å². The molecular formula is C14H13N2O+. The molecular weight excluding hydrogens is 212 g/mol. The Bertz CT molecular complexity index is 686. The van der Waals surface area contributed by atoms with Gasteiger partial charge in [-0.05, 0) is 18.6 Å². The molecule has 0 spiro atoms. The van der Waals surface area contributed by atoms with E-state index < -0.39 is 0 Å². The average molecular weight is 225 g/mol. The molecule has 1 aromatic carbocycles. The third-order valence-corrected chi connectivity index (χ3v) is 3.01. The van der Waals surface area contributed by atoms with E-state index in [0.29, 0.717) is 0 Å². The highest BCUT2D eigenvalue weighted by Gasteiger charge is 2.15. The number of aromatic nitrogens is 2. The largest absolute Gasteiger partial charge is 0.443 e. The minimum absolute atomic E-state index is 0.821. The summed E-state index contributed by atoms with van der Waals surface area (Å²) in [6.07, 6.45) is 3.47. The summed E-state index contributed by atoms with van der Waals surface area (Å²) in [4.78, 5) is 4.15. The average Bonchev–Trinajstić information content (AvgIpc) is 2.76. The van der Waals surface area contributed by atoms with Crippen molar-refractivity contribution in [1.82, 2.24) is 4.98 Å². The first-order chi connectivity index (χ1) is 8.25. The maximum Gasteiger partial charge on any atom is 0.216 e. The van der Waals surface area contributed by atoms with E-state index in [1.807, 2.05) is 31.4 Å². The van der Waals surface area contributed by atoms with Crippen molar-refractivity contribution in [3.8, 4) is 11.3 Å². The van der Waals surface area contributed by atoms with Crippen molar-refractivity contribution in [1.29, 1.82) is 0 Å². The first-order valence-corrected chi connectivity index (χ1v) is 5.54. The van der Waals surface area contributed by atoms with E-state index in [2.05, 4.69) is 28.6 Å². The lowest BCUT2D eigenvalue weighted by Gasteiger charge is -2.03. The fourth-order valence-corrected chi connectivity index (χ4v) is 2.08. The molecule has 3 aromatic rings. The van der Waals surface area contributed by atoms with Gasteiger partial charge in [0, 0.05) is 5.56 Å². The van der Waals surface area contributed by atoms with Gasteiger partial charge in [0.1, 0.15) is 7.05 Å². The summed E-state index contributed by atoms with van der Waals surface area (Å²) in [7, 11) is 2.02. The summed E-state index contributed by atoms with van der Waals surface area (Å²) in [6.45, 7) is 2.11. The van der Waals surface area contributed by atoms with Gasteiger partial charge in [0.15, 0.2) is 23.7 Å². The number of fused-ring (bicyclic) bond motifs is 1. The van der Waals surface area contributed by atoms with Crippen LogP contribution in [-0.2, 0) is 7.05 Å². The van der Waals surface area contributed by atoms with Crippen molar-refractivity contribution in [2.24, 2.45) is 7.05 Å². The van der Waals surface area contributed by atoms with Gasteiger partial charge in [0.2, 0.25) is 5.69 Å². The first kappa shape index (κ1) is 10.0. The van der Waals surface area contributed by atoms with E-state index in [0.717, 1.165) is 16.8 Å². The van der Waals surface area contributed by atoms with Gasteiger partial charge in [-0.15, -0.1) is 0 Å². The monoisotopic (exact) mass is 225 g/mol. The Morgan fingerprint density at radius 2 is 2.06 bits per heavy atom. The molecule has 0 fully saturated rings. The molecule has 0 atom stereocenters. The lowest BCUT2D eigenvalue weighted by atomic mass is 10.0. The second kappa shape index (κ2) is 3.70. The third-order valence-electron chi connectivity index (χ3n) is 3.01. The Balaban J connectivity index is 2.30. The number of aryl methyl sites for hydroxylation is 2. The molecule has 2 aromatic heterocycles. The normalized spacial score (nSPS) is 10.9. The molecule has 0 aliphatic carbocycles. The maximum absolute atomic E-state index is 5.35. The zero-order valence-electron chi connectivity index (χ0n) is 9.84. The maximum atomic E-state index is 5.35. The van der Waals surface area contributed by atoms with Crippen molar-refractivity contribution in [2.45, 2.75) is 6.92 Å². The molecule has 0 saturated heterocycles. The third kappa shape index (κ3) is 1.60. The van der Waals surface area contributed by atoms with Crippen LogP contribution in [0.3, 0.4) is 0 Å². The first-order valence-electron chi connectivity index (χ1n) is 5.54. The quantitative estimate of drug-likeness (QED) is 0.596. The van der Waals surface area contributed by atoms with Crippen LogP contribution in [0.1, 0.15) is 5.56 Å². The summed E-state index contributed by atoms with van der Waals surface area (Å²) in [5.41, 5.74) is 5.30. The lowest BCUT2D eigenvalue weighted by Crippen LogP contribution is -2.30. The Morgan fingerprint density at radius 3 is 2.88 bits per heavy atom. The van der Waals surface area contributed by atoms with Gasteiger partial charge in [-0.3, -0.25) is 0 Å². The fourth-order valence-electron chi connectivity index (χ4n) is 2.08. The molecule has 0 unspecified atom stereocenters. The molecule has 3 rings (SSSR count). The van der Waals surface area contributed by atoms with E-state index in [1.165, 1.54) is 17.5 Å². The molecule has 0 aliphatic rings. The molecule has 0 bridgehead atoms. The molecule has 0 amide bonds. The summed E-state index contributed by atoms with van der Waals surface area (Å²) in [5, 5.41) is 0. The van der Waals surface area contributed by atoms with Gasteiger partial charge in [-0.1, -0.05) is 18.2 Å². The van der Waals surface area contributed by atoms with E-state index >= 15 is 0 Å². The van der Waals surface area contributed by atoms with Crippen LogP contribution < -0.4 is 4.57 Å². The zero-order valence-corrected chi connectivity index (χ0v) is 9.84. The van der Waals surface area contributed by atoms with Crippen LogP contribution in [0.15, 0.2) is 47.3 Å². The number of oxazole rings is 1. The lowest BCUT2D eigenvalue weighted by molar-refractivity contribution is -0.659. The van der Waals surface area contributed by atoms with Crippen LogP contribution in [0, 0.1) is 6.92 Å². The molecule has 3 nitrogen and oxygen atoms in total. The predicted octanol–water partition coefficient (Wildman–Crippen LogP) is 2.63. The molecule has 0 radical (unpaired) electrons. The Kier molecular flexibility index (Phi) is 2.18. The smallest absolute Gasteiger partial charge is 0.216 e. The van der Waals surface area contributed by atoms with Crippen LogP contribution in [-0.4, -0.2) is 4.98 Å². The minimum Gasteiger partial charge on any atom is -0.443 e. The fraction of sp³-hybridized carbons (Fsp3) is 0.143. The van der Waals surface area contributed by atoms with Gasteiger partial charge in [0.25, 0.3) is 0 Å². The number of hydrogen-bond acceptors (Lipinski definition) is 2. The minimum atomic E-state index is 0.821. The molecule has 0 saturated carbocycles. The van der Waals surface area contributed by atoms with Gasteiger partial charge < -0.3 is 4.42 Å². The van der Waals surface area contributed by atoms with Gasteiger partial charge in [-0.2, -0.15) is 4.57 Å². The van der Waals surface area contributed by atoms with Crippen LogP contribution >= 0.6 is 0 Å².